The Labute approximate surface area is 107 Å². The van der Waals surface area contributed by atoms with Gasteiger partial charge in [-0.05, 0) is 30.3 Å². The second-order valence-electron chi connectivity index (χ2n) is 4.26. The first-order valence-corrected chi connectivity index (χ1v) is 5.99. The third-order valence-electron chi connectivity index (χ3n) is 3.07. The second kappa shape index (κ2) is 4.49. The van der Waals surface area contributed by atoms with Gasteiger partial charge in [0.05, 0.1) is 5.52 Å². The van der Waals surface area contributed by atoms with E-state index in [-0.39, 0.29) is 0 Å². The van der Waals surface area contributed by atoms with Gasteiger partial charge in [0.25, 0.3) is 0 Å². The molecule has 1 heterocycles. The molecule has 18 heavy (non-hydrogen) atoms. The number of nitrogens with zero attached hydrogens (tertiary/aromatic N) is 2. The van der Waals surface area contributed by atoms with E-state index in [9.17, 15) is 0 Å². The SMILES string of the molecule is CN(c1ccccc1)c1ccc2ccccc2n1. The molecule has 0 N–H and O–H groups in total. The van der Waals surface area contributed by atoms with Crippen LogP contribution in [0.4, 0.5) is 11.5 Å². The quantitative estimate of drug-likeness (QED) is 0.666. The number of hydrogen-bond donors (Lipinski definition) is 0. The Morgan fingerprint density at radius 1 is 0.778 bits per heavy atom. The molecule has 0 saturated carbocycles. The van der Waals surface area contributed by atoms with E-state index in [1.807, 2.05) is 43.4 Å². The second-order valence-corrected chi connectivity index (χ2v) is 4.26. The molecule has 0 bridgehead atoms. The molecule has 0 amide bonds. The van der Waals surface area contributed by atoms with E-state index in [1.54, 1.807) is 0 Å². The largest absolute Gasteiger partial charge is 0.329 e. The molecule has 2 nitrogen and oxygen atoms in total. The number of pyridine rings is 1. The lowest BCUT2D eigenvalue weighted by Crippen LogP contribution is -2.10. The molecule has 0 aliphatic heterocycles. The molecule has 0 saturated heterocycles. The summed E-state index contributed by atoms with van der Waals surface area (Å²) < 4.78 is 0. The highest BCUT2D eigenvalue weighted by Gasteiger charge is 2.05. The molecule has 0 unspecified atom stereocenters. The lowest BCUT2D eigenvalue weighted by Gasteiger charge is -2.18. The van der Waals surface area contributed by atoms with Gasteiger partial charge in [0, 0.05) is 18.1 Å². The van der Waals surface area contributed by atoms with Crippen LogP contribution < -0.4 is 4.90 Å². The minimum atomic E-state index is 0.958. The van der Waals surface area contributed by atoms with Gasteiger partial charge in [-0.3, -0.25) is 0 Å². The summed E-state index contributed by atoms with van der Waals surface area (Å²) >= 11 is 0. The van der Waals surface area contributed by atoms with Crippen molar-refractivity contribution < 1.29 is 0 Å². The van der Waals surface area contributed by atoms with Crippen molar-refractivity contribution in [1.82, 2.24) is 4.98 Å². The smallest absolute Gasteiger partial charge is 0.133 e. The molecular formula is C16H14N2. The van der Waals surface area contributed by atoms with Crippen LogP contribution in [0.15, 0.2) is 66.7 Å². The van der Waals surface area contributed by atoms with Crippen molar-refractivity contribution >= 4 is 22.4 Å². The van der Waals surface area contributed by atoms with Crippen molar-refractivity contribution in [3.8, 4) is 0 Å². The van der Waals surface area contributed by atoms with E-state index in [2.05, 4.69) is 40.2 Å². The summed E-state index contributed by atoms with van der Waals surface area (Å²) in [6.07, 6.45) is 0. The van der Waals surface area contributed by atoms with Crippen LogP contribution in [-0.2, 0) is 0 Å². The van der Waals surface area contributed by atoms with Gasteiger partial charge >= 0.3 is 0 Å². The first kappa shape index (κ1) is 10.8. The lowest BCUT2D eigenvalue weighted by molar-refractivity contribution is 1.15. The van der Waals surface area contributed by atoms with Crippen LogP contribution >= 0.6 is 0 Å². The van der Waals surface area contributed by atoms with Crippen molar-refractivity contribution in [2.45, 2.75) is 0 Å². The van der Waals surface area contributed by atoms with Gasteiger partial charge in [0.15, 0.2) is 0 Å². The summed E-state index contributed by atoms with van der Waals surface area (Å²) in [5, 5.41) is 1.17. The molecule has 2 aromatic carbocycles. The zero-order valence-electron chi connectivity index (χ0n) is 10.2. The molecule has 0 fully saturated rings. The Morgan fingerprint density at radius 2 is 1.50 bits per heavy atom. The Hall–Kier alpha value is -2.35. The summed E-state index contributed by atoms with van der Waals surface area (Å²) in [5.74, 6) is 0.958. The van der Waals surface area contributed by atoms with Crippen molar-refractivity contribution in [3.63, 3.8) is 0 Å². The van der Waals surface area contributed by atoms with Crippen LogP contribution in [0.25, 0.3) is 10.9 Å². The fraction of sp³-hybridized carbons (Fsp3) is 0.0625. The Kier molecular flexibility index (Phi) is 2.69. The average Bonchev–Trinajstić information content (AvgIpc) is 2.47. The zero-order chi connectivity index (χ0) is 12.4. The summed E-state index contributed by atoms with van der Waals surface area (Å²) in [6.45, 7) is 0. The maximum absolute atomic E-state index is 4.68. The van der Waals surface area contributed by atoms with E-state index >= 15 is 0 Å². The maximum Gasteiger partial charge on any atom is 0.133 e. The fourth-order valence-electron chi connectivity index (χ4n) is 2.03. The van der Waals surface area contributed by atoms with Crippen molar-refractivity contribution in [3.05, 3.63) is 66.7 Å². The highest BCUT2D eigenvalue weighted by atomic mass is 15.2. The molecule has 3 aromatic rings. The molecule has 0 spiro atoms. The third-order valence-corrected chi connectivity index (χ3v) is 3.07. The van der Waals surface area contributed by atoms with E-state index in [1.165, 1.54) is 5.39 Å². The minimum Gasteiger partial charge on any atom is -0.329 e. The van der Waals surface area contributed by atoms with E-state index < -0.39 is 0 Å². The molecular weight excluding hydrogens is 220 g/mol. The first-order chi connectivity index (χ1) is 8.84. The van der Waals surface area contributed by atoms with Gasteiger partial charge in [-0.25, -0.2) is 4.98 Å². The van der Waals surface area contributed by atoms with Gasteiger partial charge in [0.1, 0.15) is 5.82 Å². The van der Waals surface area contributed by atoms with Crippen LogP contribution in [0.5, 0.6) is 0 Å². The number of anilines is 2. The van der Waals surface area contributed by atoms with E-state index in [4.69, 9.17) is 0 Å². The molecule has 3 rings (SSSR count). The normalized spacial score (nSPS) is 10.5. The summed E-state index contributed by atoms with van der Waals surface area (Å²) in [7, 11) is 2.03. The monoisotopic (exact) mass is 234 g/mol. The molecule has 1 aromatic heterocycles. The van der Waals surface area contributed by atoms with Crippen molar-refractivity contribution in [2.24, 2.45) is 0 Å². The number of benzene rings is 2. The third kappa shape index (κ3) is 1.93. The average molecular weight is 234 g/mol. The van der Waals surface area contributed by atoms with Gasteiger partial charge in [-0.15, -0.1) is 0 Å². The van der Waals surface area contributed by atoms with Gasteiger partial charge < -0.3 is 4.90 Å². The Morgan fingerprint density at radius 3 is 2.33 bits per heavy atom. The topological polar surface area (TPSA) is 16.1 Å². The van der Waals surface area contributed by atoms with Crippen LogP contribution in [0, 0.1) is 0 Å². The van der Waals surface area contributed by atoms with Crippen molar-refractivity contribution in [2.75, 3.05) is 11.9 Å². The summed E-state index contributed by atoms with van der Waals surface area (Å²) in [4.78, 5) is 6.77. The van der Waals surface area contributed by atoms with Crippen LogP contribution in [0.2, 0.25) is 0 Å². The molecule has 88 valence electrons. The van der Waals surface area contributed by atoms with E-state index in [0.29, 0.717) is 0 Å². The van der Waals surface area contributed by atoms with Gasteiger partial charge in [-0.1, -0.05) is 36.4 Å². The summed E-state index contributed by atoms with van der Waals surface area (Å²) in [5.41, 5.74) is 2.16. The summed E-state index contributed by atoms with van der Waals surface area (Å²) in [6, 6.07) is 22.6. The van der Waals surface area contributed by atoms with Crippen LogP contribution in [0.1, 0.15) is 0 Å². The predicted octanol–water partition coefficient (Wildman–Crippen LogP) is 4.00. The zero-order valence-corrected chi connectivity index (χ0v) is 10.2. The molecule has 0 radical (unpaired) electrons. The van der Waals surface area contributed by atoms with Crippen LogP contribution in [0.3, 0.4) is 0 Å². The number of hydrogen-bond acceptors (Lipinski definition) is 2. The minimum absolute atomic E-state index is 0.958. The van der Waals surface area contributed by atoms with Gasteiger partial charge in [-0.2, -0.15) is 0 Å². The Balaban J connectivity index is 2.04. The highest BCUT2D eigenvalue weighted by molar-refractivity contribution is 5.81. The number of para-hydroxylation sites is 2. The molecule has 0 aliphatic carbocycles. The number of fused-ring (bicyclic) bond motifs is 1. The molecule has 0 atom stereocenters. The lowest BCUT2D eigenvalue weighted by atomic mass is 10.2. The predicted molar refractivity (Wildman–Crippen MR) is 76.2 cm³/mol. The first-order valence-electron chi connectivity index (χ1n) is 5.99. The number of rotatable bonds is 2. The van der Waals surface area contributed by atoms with Gasteiger partial charge in [0.2, 0.25) is 0 Å². The standard InChI is InChI=1S/C16H14N2/c1-18(14-8-3-2-4-9-14)16-12-11-13-7-5-6-10-15(13)17-16/h2-12H,1H3. The Bertz CT molecular complexity index is 662. The maximum atomic E-state index is 4.68. The fourth-order valence-corrected chi connectivity index (χ4v) is 2.03. The molecule has 0 aliphatic rings. The highest BCUT2D eigenvalue weighted by Crippen LogP contribution is 2.23. The van der Waals surface area contributed by atoms with Crippen LogP contribution in [-0.4, -0.2) is 12.0 Å². The number of aromatic nitrogens is 1. The van der Waals surface area contributed by atoms with E-state index in [0.717, 1.165) is 17.0 Å². The molecule has 2 heteroatoms. The van der Waals surface area contributed by atoms with Crippen molar-refractivity contribution in [1.29, 1.82) is 0 Å².